The third-order valence-electron chi connectivity index (χ3n) is 3.65. The zero-order chi connectivity index (χ0) is 19.3. The van der Waals surface area contributed by atoms with E-state index in [1.54, 1.807) is 29.3 Å². The molecule has 0 radical (unpaired) electrons. The molecule has 2 rings (SSSR count). The van der Waals surface area contributed by atoms with Crippen molar-refractivity contribution in [1.29, 1.82) is 0 Å². The Labute approximate surface area is 162 Å². The largest absolute Gasteiger partial charge is 0.461 e. The number of ether oxygens (including phenoxy) is 1. The quantitative estimate of drug-likeness (QED) is 0.718. The molecule has 0 bridgehead atoms. The van der Waals surface area contributed by atoms with Gasteiger partial charge in [0.1, 0.15) is 5.01 Å². The van der Waals surface area contributed by atoms with Gasteiger partial charge in [0, 0.05) is 22.1 Å². The van der Waals surface area contributed by atoms with E-state index >= 15 is 0 Å². The number of carbonyl (C=O) groups excluding carboxylic acids is 2. The summed E-state index contributed by atoms with van der Waals surface area (Å²) in [7, 11) is 0. The van der Waals surface area contributed by atoms with Crippen LogP contribution in [0.4, 0.5) is 10.5 Å². The number of carbonyl (C=O) groups is 2. The highest BCUT2D eigenvalue weighted by Gasteiger charge is 2.20. The number of rotatable bonds is 6. The minimum absolute atomic E-state index is 0.0501. The molecule has 0 atom stereocenters. The lowest BCUT2D eigenvalue weighted by Crippen LogP contribution is -2.39. The number of aromatic nitrogens is 1. The normalized spacial score (nSPS) is 10.7. The first-order chi connectivity index (χ1) is 12.3. The van der Waals surface area contributed by atoms with Crippen molar-refractivity contribution in [2.24, 2.45) is 0 Å². The van der Waals surface area contributed by atoms with Crippen LogP contribution in [0.3, 0.4) is 0 Å². The molecule has 0 aliphatic heterocycles. The van der Waals surface area contributed by atoms with Gasteiger partial charge in [0.25, 0.3) is 0 Å². The van der Waals surface area contributed by atoms with Crippen molar-refractivity contribution in [2.75, 3.05) is 11.9 Å². The Kier molecular flexibility index (Phi) is 6.99. The van der Waals surface area contributed by atoms with E-state index in [0.717, 1.165) is 5.56 Å². The first-order valence-electron chi connectivity index (χ1n) is 8.27. The van der Waals surface area contributed by atoms with Crippen molar-refractivity contribution in [2.45, 2.75) is 40.3 Å². The Balaban J connectivity index is 2.09. The fourth-order valence-corrected chi connectivity index (χ4v) is 3.12. The zero-order valence-electron chi connectivity index (χ0n) is 15.2. The number of hydrogen-bond donors (Lipinski definition) is 1. The van der Waals surface area contributed by atoms with E-state index in [4.69, 9.17) is 16.3 Å². The lowest BCUT2D eigenvalue weighted by atomic mass is 10.2. The lowest BCUT2D eigenvalue weighted by molar-refractivity contribution is 0.0520. The van der Waals surface area contributed by atoms with Gasteiger partial charge in [-0.25, -0.2) is 14.6 Å². The highest BCUT2D eigenvalue weighted by atomic mass is 35.5. The Morgan fingerprint density at radius 3 is 2.73 bits per heavy atom. The molecule has 1 heterocycles. The van der Waals surface area contributed by atoms with Gasteiger partial charge in [0.2, 0.25) is 0 Å². The Morgan fingerprint density at radius 2 is 2.12 bits per heavy atom. The predicted octanol–water partition coefficient (Wildman–Crippen LogP) is 4.72. The van der Waals surface area contributed by atoms with Gasteiger partial charge in [0.05, 0.1) is 13.2 Å². The smallest absolute Gasteiger partial charge is 0.357 e. The monoisotopic (exact) mass is 395 g/mol. The molecule has 0 unspecified atom stereocenters. The summed E-state index contributed by atoms with van der Waals surface area (Å²) in [5.74, 6) is -0.454. The van der Waals surface area contributed by atoms with Crippen LogP contribution in [0.5, 0.6) is 0 Å². The van der Waals surface area contributed by atoms with Crippen molar-refractivity contribution in [3.8, 4) is 0 Å². The maximum absolute atomic E-state index is 12.7. The standard InChI is InChI=1S/C18H22ClN3O3S/c1-5-25-17(23)15-10-26-16(21-15)9-22(11(2)3)18(24)20-13-7-6-12(4)14(19)8-13/h6-8,10-11H,5,9H2,1-4H3,(H,20,24). The molecule has 2 aromatic rings. The minimum atomic E-state index is -0.454. The molecule has 1 aromatic heterocycles. The van der Waals surface area contributed by atoms with Gasteiger partial charge in [-0.2, -0.15) is 0 Å². The Morgan fingerprint density at radius 1 is 1.38 bits per heavy atom. The van der Waals surface area contributed by atoms with Crippen LogP contribution < -0.4 is 5.32 Å². The fraction of sp³-hybridized carbons (Fsp3) is 0.389. The van der Waals surface area contributed by atoms with E-state index in [1.165, 1.54) is 11.3 Å². The SMILES string of the molecule is CCOC(=O)c1csc(CN(C(=O)Nc2ccc(C)c(Cl)c2)C(C)C)n1. The van der Waals surface area contributed by atoms with Crippen molar-refractivity contribution in [3.05, 3.63) is 44.9 Å². The average Bonchev–Trinajstić information content (AvgIpc) is 3.05. The molecule has 26 heavy (non-hydrogen) atoms. The third-order valence-corrected chi connectivity index (χ3v) is 4.89. The van der Waals surface area contributed by atoms with Crippen LogP contribution in [0.2, 0.25) is 5.02 Å². The minimum Gasteiger partial charge on any atom is -0.461 e. The number of urea groups is 1. The van der Waals surface area contributed by atoms with Crippen molar-refractivity contribution in [1.82, 2.24) is 9.88 Å². The number of amides is 2. The summed E-state index contributed by atoms with van der Waals surface area (Å²) in [5.41, 5.74) is 1.84. The maximum Gasteiger partial charge on any atom is 0.357 e. The van der Waals surface area contributed by atoms with Gasteiger partial charge in [-0.05, 0) is 45.4 Å². The zero-order valence-corrected chi connectivity index (χ0v) is 16.8. The van der Waals surface area contributed by atoms with Gasteiger partial charge in [-0.1, -0.05) is 17.7 Å². The number of nitrogens with one attached hydrogen (secondary N) is 1. The van der Waals surface area contributed by atoms with E-state index in [0.29, 0.717) is 28.9 Å². The number of aryl methyl sites for hydroxylation is 1. The van der Waals surface area contributed by atoms with Crippen molar-refractivity contribution in [3.63, 3.8) is 0 Å². The molecule has 1 N–H and O–H groups in total. The second-order valence-corrected chi connectivity index (χ2v) is 7.31. The summed E-state index contributed by atoms with van der Waals surface area (Å²) in [6, 6.07) is 5.07. The van der Waals surface area contributed by atoms with Gasteiger partial charge >= 0.3 is 12.0 Å². The maximum atomic E-state index is 12.7. The molecule has 8 heteroatoms. The van der Waals surface area contributed by atoms with Crippen LogP contribution >= 0.6 is 22.9 Å². The summed E-state index contributed by atoms with van der Waals surface area (Å²) in [4.78, 5) is 30.3. The van der Waals surface area contributed by atoms with Gasteiger partial charge in [-0.3, -0.25) is 0 Å². The van der Waals surface area contributed by atoms with Gasteiger partial charge in [-0.15, -0.1) is 11.3 Å². The van der Waals surface area contributed by atoms with Crippen LogP contribution in [-0.4, -0.2) is 34.5 Å². The second-order valence-electron chi connectivity index (χ2n) is 5.96. The summed E-state index contributed by atoms with van der Waals surface area (Å²) < 4.78 is 4.94. The molecule has 1 aromatic carbocycles. The van der Waals surface area contributed by atoms with E-state index in [2.05, 4.69) is 10.3 Å². The van der Waals surface area contributed by atoms with E-state index < -0.39 is 5.97 Å². The summed E-state index contributed by atoms with van der Waals surface area (Å²) >= 11 is 7.43. The molecule has 0 aliphatic carbocycles. The van der Waals surface area contributed by atoms with Crippen LogP contribution in [-0.2, 0) is 11.3 Å². The molecule has 0 saturated heterocycles. The average molecular weight is 396 g/mol. The van der Waals surface area contributed by atoms with Crippen LogP contribution in [0.25, 0.3) is 0 Å². The predicted molar refractivity (Wildman–Crippen MR) is 104 cm³/mol. The first-order valence-corrected chi connectivity index (χ1v) is 9.52. The molecule has 6 nitrogen and oxygen atoms in total. The number of halogens is 1. The molecule has 0 spiro atoms. The van der Waals surface area contributed by atoms with E-state index in [1.807, 2.05) is 26.8 Å². The number of esters is 1. The molecule has 0 fully saturated rings. The third kappa shape index (κ3) is 5.19. The Hall–Kier alpha value is -2.12. The summed E-state index contributed by atoms with van der Waals surface area (Å²) in [6.07, 6.45) is 0. The summed E-state index contributed by atoms with van der Waals surface area (Å²) in [6.45, 7) is 8.08. The lowest BCUT2D eigenvalue weighted by Gasteiger charge is -2.26. The van der Waals surface area contributed by atoms with E-state index in [9.17, 15) is 9.59 Å². The molecule has 0 aliphatic rings. The highest BCUT2D eigenvalue weighted by Crippen LogP contribution is 2.21. The van der Waals surface area contributed by atoms with Gasteiger partial charge in [0.15, 0.2) is 5.69 Å². The number of anilines is 1. The van der Waals surface area contributed by atoms with Gasteiger partial charge < -0.3 is 15.0 Å². The highest BCUT2D eigenvalue weighted by molar-refractivity contribution is 7.09. The van der Waals surface area contributed by atoms with Crippen LogP contribution in [0.15, 0.2) is 23.6 Å². The number of benzene rings is 1. The fourth-order valence-electron chi connectivity index (χ4n) is 2.18. The topological polar surface area (TPSA) is 71.5 Å². The second kappa shape index (κ2) is 9.00. The van der Waals surface area contributed by atoms with Crippen molar-refractivity contribution >= 4 is 40.6 Å². The number of hydrogen-bond acceptors (Lipinski definition) is 5. The molecule has 0 saturated carbocycles. The van der Waals surface area contributed by atoms with Crippen LogP contribution in [0.1, 0.15) is 41.8 Å². The molecule has 140 valence electrons. The summed E-state index contributed by atoms with van der Waals surface area (Å²) in [5, 5.41) is 5.75. The van der Waals surface area contributed by atoms with Crippen LogP contribution in [0, 0.1) is 6.92 Å². The first kappa shape index (κ1) is 20.2. The molecular formula is C18H22ClN3O3S. The molecule has 2 amide bonds. The molecular weight excluding hydrogens is 374 g/mol. The number of thiazole rings is 1. The van der Waals surface area contributed by atoms with E-state index in [-0.39, 0.29) is 17.8 Å². The number of nitrogens with zero attached hydrogens (tertiary/aromatic N) is 2. The Bertz CT molecular complexity index is 792. The van der Waals surface area contributed by atoms with Crippen molar-refractivity contribution < 1.29 is 14.3 Å².